The second-order valence-electron chi connectivity index (χ2n) is 6.14. The number of para-hydroxylation sites is 3. The lowest BCUT2D eigenvalue weighted by molar-refractivity contribution is -0.115. The second kappa shape index (κ2) is 8.93. The molecule has 1 heterocycles. The zero-order valence-electron chi connectivity index (χ0n) is 16.1. The van der Waals surface area contributed by atoms with E-state index in [1.54, 1.807) is 23.6 Å². The van der Waals surface area contributed by atoms with Crippen LogP contribution in [-0.4, -0.2) is 27.3 Å². The van der Waals surface area contributed by atoms with E-state index in [0.717, 1.165) is 0 Å². The second-order valence-corrected chi connectivity index (χ2v) is 7.45. The molecule has 0 spiro atoms. The summed E-state index contributed by atoms with van der Waals surface area (Å²) in [6.07, 6.45) is 0. The number of aromatic nitrogens is 2. The van der Waals surface area contributed by atoms with Gasteiger partial charge in [-0.05, 0) is 45.0 Å². The predicted molar refractivity (Wildman–Crippen MR) is 113 cm³/mol. The van der Waals surface area contributed by atoms with Crippen molar-refractivity contribution in [2.24, 2.45) is 0 Å². The molecule has 6 nitrogen and oxygen atoms in total. The fraction of sp³-hybridized carbons (Fsp3) is 0.286. The van der Waals surface area contributed by atoms with Gasteiger partial charge in [0.25, 0.3) is 5.56 Å². The number of hydrogen-bond acceptors (Lipinski definition) is 5. The van der Waals surface area contributed by atoms with Crippen LogP contribution in [0.4, 0.5) is 5.69 Å². The van der Waals surface area contributed by atoms with Crippen LogP contribution in [0.2, 0.25) is 0 Å². The Hall–Kier alpha value is -2.80. The maximum atomic E-state index is 12.7. The number of ether oxygens (including phenoxy) is 1. The molecule has 0 aliphatic rings. The first-order valence-electron chi connectivity index (χ1n) is 9.24. The minimum Gasteiger partial charge on any atom is -0.492 e. The lowest BCUT2D eigenvalue weighted by atomic mass is 10.2. The maximum absolute atomic E-state index is 12.7. The zero-order chi connectivity index (χ0) is 20.1. The van der Waals surface area contributed by atoms with Crippen LogP contribution in [0.5, 0.6) is 5.75 Å². The molecule has 3 aromatic rings. The van der Waals surface area contributed by atoms with Crippen LogP contribution < -0.4 is 15.6 Å². The predicted octanol–water partition coefficient (Wildman–Crippen LogP) is 3.93. The van der Waals surface area contributed by atoms with Gasteiger partial charge in [0.05, 0.1) is 28.4 Å². The molecule has 146 valence electrons. The third kappa shape index (κ3) is 4.20. The minimum atomic E-state index is -0.444. The number of anilines is 1. The molecule has 7 heteroatoms. The van der Waals surface area contributed by atoms with Gasteiger partial charge in [-0.3, -0.25) is 14.2 Å². The molecule has 2 aromatic carbocycles. The number of hydrogen-bond donors (Lipinski definition) is 1. The minimum absolute atomic E-state index is 0.0927. The topological polar surface area (TPSA) is 73.2 Å². The Morgan fingerprint density at radius 2 is 1.89 bits per heavy atom. The number of fused-ring (bicyclic) bond motifs is 1. The normalized spacial score (nSPS) is 12.0. The van der Waals surface area contributed by atoms with Crippen molar-refractivity contribution in [2.75, 3.05) is 11.9 Å². The van der Waals surface area contributed by atoms with Gasteiger partial charge in [0.2, 0.25) is 5.91 Å². The van der Waals surface area contributed by atoms with Crippen LogP contribution in [-0.2, 0) is 11.3 Å². The van der Waals surface area contributed by atoms with Crippen molar-refractivity contribution in [1.29, 1.82) is 0 Å². The number of benzene rings is 2. The van der Waals surface area contributed by atoms with E-state index in [4.69, 9.17) is 4.74 Å². The van der Waals surface area contributed by atoms with Gasteiger partial charge in [-0.15, -0.1) is 0 Å². The summed E-state index contributed by atoms with van der Waals surface area (Å²) in [6.45, 7) is 6.59. The number of carbonyl (C=O) groups excluding carboxylic acids is 1. The van der Waals surface area contributed by atoms with E-state index < -0.39 is 5.25 Å². The van der Waals surface area contributed by atoms with Crippen LogP contribution >= 0.6 is 11.8 Å². The molecule has 0 aliphatic heterocycles. The van der Waals surface area contributed by atoms with Gasteiger partial charge >= 0.3 is 0 Å². The lowest BCUT2D eigenvalue weighted by Crippen LogP contribution is -2.26. The molecule has 1 aromatic heterocycles. The van der Waals surface area contributed by atoms with Crippen molar-refractivity contribution in [2.45, 2.75) is 37.7 Å². The monoisotopic (exact) mass is 397 g/mol. The molecule has 0 aliphatic carbocycles. The van der Waals surface area contributed by atoms with E-state index in [1.807, 2.05) is 50.2 Å². The van der Waals surface area contributed by atoms with Gasteiger partial charge in [-0.25, -0.2) is 4.98 Å². The quantitative estimate of drug-likeness (QED) is 0.483. The maximum Gasteiger partial charge on any atom is 0.262 e. The average Bonchev–Trinajstić information content (AvgIpc) is 2.70. The summed E-state index contributed by atoms with van der Waals surface area (Å²) in [5, 5.41) is 3.57. The SMILES string of the molecule is CCOc1ccccc1NC(=O)C(C)Sc1nc2ccccc2c(=O)n1CC. The number of nitrogens with one attached hydrogen (secondary N) is 1. The molecule has 3 rings (SSSR count). The molecular formula is C21H23N3O3S. The summed E-state index contributed by atoms with van der Waals surface area (Å²) >= 11 is 1.27. The summed E-state index contributed by atoms with van der Waals surface area (Å²) in [4.78, 5) is 30.1. The molecule has 1 unspecified atom stereocenters. The molecular weight excluding hydrogens is 374 g/mol. The third-order valence-corrected chi connectivity index (χ3v) is 5.33. The summed E-state index contributed by atoms with van der Waals surface area (Å²) in [7, 11) is 0. The van der Waals surface area contributed by atoms with Crippen LogP contribution in [0.15, 0.2) is 58.5 Å². The highest BCUT2D eigenvalue weighted by atomic mass is 32.2. The highest BCUT2D eigenvalue weighted by molar-refractivity contribution is 8.00. The van der Waals surface area contributed by atoms with Crippen molar-refractivity contribution in [1.82, 2.24) is 9.55 Å². The third-order valence-electron chi connectivity index (χ3n) is 4.24. The van der Waals surface area contributed by atoms with Crippen LogP contribution in [0, 0.1) is 0 Å². The first kappa shape index (κ1) is 19.9. The van der Waals surface area contributed by atoms with Gasteiger partial charge in [-0.1, -0.05) is 36.0 Å². The Morgan fingerprint density at radius 1 is 1.18 bits per heavy atom. The van der Waals surface area contributed by atoms with Crippen molar-refractivity contribution < 1.29 is 9.53 Å². The molecule has 0 saturated carbocycles. The number of carbonyl (C=O) groups is 1. The zero-order valence-corrected chi connectivity index (χ0v) is 17.0. The van der Waals surface area contributed by atoms with Crippen molar-refractivity contribution in [3.05, 3.63) is 58.9 Å². The van der Waals surface area contributed by atoms with E-state index >= 15 is 0 Å². The molecule has 0 radical (unpaired) electrons. The van der Waals surface area contributed by atoms with Gasteiger partial charge in [0.1, 0.15) is 5.75 Å². The van der Waals surface area contributed by atoms with Gasteiger partial charge < -0.3 is 10.1 Å². The van der Waals surface area contributed by atoms with Crippen LogP contribution in [0.3, 0.4) is 0 Å². The van der Waals surface area contributed by atoms with E-state index in [1.165, 1.54) is 11.8 Å². The van der Waals surface area contributed by atoms with Gasteiger partial charge in [-0.2, -0.15) is 0 Å². The van der Waals surface area contributed by atoms with E-state index in [-0.39, 0.29) is 11.5 Å². The van der Waals surface area contributed by atoms with Crippen LogP contribution in [0.1, 0.15) is 20.8 Å². The molecule has 1 atom stereocenters. The molecule has 28 heavy (non-hydrogen) atoms. The Morgan fingerprint density at radius 3 is 2.64 bits per heavy atom. The fourth-order valence-electron chi connectivity index (χ4n) is 2.81. The molecule has 1 amide bonds. The Bertz CT molecular complexity index is 1050. The summed E-state index contributed by atoms with van der Waals surface area (Å²) in [5.74, 6) is 0.451. The average molecular weight is 398 g/mol. The first-order valence-corrected chi connectivity index (χ1v) is 10.1. The molecule has 1 N–H and O–H groups in total. The molecule has 0 bridgehead atoms. The Balaban J connectivity index is 1.84. The summed E-state index contributed by atoms with van der Waals surface area (Å²) < 4.78 is 7.16. The Kier molecular flexibility index (Phi) is 6.36. The van der Waals surface area contributed by atoms with Gasteiger partial charge in [0.15, 0.2) is 5.16 Å². The number of amides is 1. The van der Waals surface area contributed by atoms with Crippen molar-refractivity contribution in [3.63, 3.8) is 0 Å². The standard InChI is InChI=1S/C21H23N3O3S/c1-4-24-20(26)15-10-6-7-11-16(15)23-21(24)28-14(3)19(25)22-17-12-8-9-13-18(17)27-5-2/h6-14H,4-5H2,1-3H3,(H,22,25). The molecule has 0 fully saturated rings. The highest BCUT2D eigenvalue weighted by Crippen LogP contribution is 2.27. The number of rotatable bonds is 7. The van der Waals surface area contributed by atoms with Crippen molar-refractivity contribution >= 4 is 34.3 Å². The largest absolute Gasteiger partial charge is 0.492 e. The fourth-order valence-corrected chi connectivity index (χ4v) is 3.79. The lowest BCUT2D eigenvalue weighted by Gasteiger charge is -2.16. The van der Waals surface area contributed by atoms with Gasteiger partial charge in [0, 0.05) is 6.54 Å². The van der Waals surface area contributed by atoms with Crippen molar-refractivity contribution in [3.8, 4) is 5.75 Å². The summed E-state index contributed by atoms with van der Waals surface area (Å²) in [5.41, 5.74) is 1.17. The first-order chi connectivity index (χ1) is 13.5. The molecule has 0 saturated heterocycles. The number of nitrogens with zero attached hydrogens (tertiary/aromatic N) is 2. The van der Waals surface area contributed by atoms with E-state index in [9.17, 15) is 9.59 Å². The highest BCUT2D eigenvalue weighted by Gasteiger charge is 2.20. The number of thioether (sulfide) groups is 1. The Labute approximate surface area is 167 Å². The van der Waals surface area contributed by atoms with E-state index in [0.29, 0.717) is 40.6 Å². The smallest absolute Gasteiger partial charge is 0.262 e. The van der Waals surface area contributed by atoms with E-state index in [2.05, 4.69) is 10.3 Å². The van der Waals surface area contributed by atoms with Crippen LogP contribution in [0.25, 0.3) is 10.9 Å². The summed E-state index contributed by atoms with van der Waals surface area (Å²) in [6, 6.07) is 14.6.